The molecule has 0 aliphatic carbocycles. The third-order valence-electron chi connectivity index (χ3n) is 2.34. The van der Waals surface area contributed by atoms with Gasteiger partial charge in [0.05, 0.1) is 0 Å². The SMILES string of the molecule is C[C@H](O)c1ccccc1[Se]c1ccccc1. The molecule has 0 radical (unpaired) electrons. The van der Waals surface area contributed by atoms with Gasteiger partial charge in [0.2, 0.25) is 0 Å². The Morgan fingerprint density at radius 2 is 1.56 bits per heavy atom. The summed E-state index contributed by atoms with van der Waals surface area (Å²) in [6.45, 7) is 1.82. The molecule has 82 valence electrons. The van der Waals surface area contributed by atoms with Crippen molar-refractivity contribution < 1.29 is 5.11 Å². The number of hydrogen-bond donors (Lipinski definition) is 1. The van der Waals surface area contributed by atoms with Crippen molar-refractivity contribution in [3.63, 3.8) is 0 Å². The Morgan fingerprint density at radius 3 is 2.25 bits per heavy atom. The summed E-state index contributed by atoms with van der Waals surface area (Å²) in [6, 6.07) is 18.5. The van der Waals surface area contributed by atoms with Crippen LogP contribution >= 0.6 is 0 Å². The van der Waals surface area contributed by atoms with E-state index in [1.807, 2.05) is 31.2 Å². The van der Waals surface area contributed by atoms with Gasteiger partial charge in [-0.15, -0.1) is 0 Å². The monoisotopic (exact) mass is 278 g/mol. The van der Waals surface area contributed by atoms with E-state index < -0.39 is 0 Å². The first-order valence-electron chi connectivity index (χ1n) is 5.27. The first-order valence-corrected chi connectivity index (χ1v) is 6.98. The number of rotatable bonds is 3. The molecular formula is C14H14OSe. The third-order valence-corrected chi connectivity index (χ3v) is 4.65. The quantitative estimate of drug-likeness (QED) is 0.841. The van der Waals surface area contributed by atoms with E-state index in [9.17, 15) is 5.11 Å². The van der Waals surface area contributed by atoms with Crippen molar-refractivity contribution >= 4 is 23.9 Å². The number of benzene rings is 2. The maximum absolute atomic E-state index is 9.69. The average molecular weight is 277 g/mol. The molecule has 2 rings (SSSR count). The normalized spacial score (nSPS) is 12.4. The number of aliphatic hydroxyl groups excluding tert-OH is 1. The molecule has 1 nitrogen and oxygen atoms in total. The van der Waals surface area contributed by atoms with Crippen LogP contribution in [0.3, 0.4) is 0 Å². The molecule has 0 aliphatic rings. The van der Waals surface area contributed by atoms with Crippen molar-refractivity contribution in [2.24, 2.45) is 0 Å². The molecule has 0 saturated carbocycles. The molecule has 0 aliphatic heterocycles. The van der Waals surface area contributed by atoms with E-state index in [0.717, 1.165) is 5.56 Å². The van der Waals surface area contributed by atoms with Gasteiger partial charge in [-0.3, -0.25) is 0 Å². The molecule has 0 aromatic heterocycles. The number of hydrogen-bond acceptors (Lipinski definition) is 1. The molecule has 0 saturated heterocycles. The molecule has 0 amide bonds. The van der Waals surface area contributed by atoms with Crippen molar-refractivity contribution in [3.8, 4) is 0 Å². The average Bonchev–Trinajstić information content (AvgIpc) is 2.31. The van der Waals surface area contributed by atoms with Crippen LogP contribution in [0.2, 0.25) is 0 Å². The molecule has 0 unspecified atom stereocenters. The van der Waals surface area contributed by atoms with Gasteiger partial charge in [0.1, 0.15) is 0 Å². The zero-order chi connectivity index (χ0) is 11.4. The van der Waals surface area contributed by atoms with Gasteiger partial charge in [-0.2, -0.15) is 0 Å². The van der Waals surface area contributed by atoms with E-state index in [-0.39, 0.29) is 21.1 Å². The minimum atomic E-state index is -0.387. The van der Waals surface area contributed by atoms with Gasteiger partial charge in [-0.1, -0.05) is 0 Å². The van der Waals surface area contributed by atoms with Gasteiger partial charge in [0.15, 0.2) is 0 Å². The van der Waals surface area contributed by atoms with Crippen LogP contribution in [-0.2, 0) is 0 Å². The first kappa shape index (κ1) is 11.4. The van der Waals surface area contributed by atoms with Crippen molar-refractivity contribution in [3.05, 3.63) is 60.2 Å². The predicted molar refractivity (Wildman–Crippen MR) is 68.5 cm³/mol. The van der Waals surface area contributed by atoms with Gasteiger partial charge in [-0.25, -0.2) is 0 Å². The minimum absolute atomic E-state index is 0.273. The molecule has 2 aromatic carbocycles. The fourth-order valence-corrected chi connectivity index (χ4v) is 3.74. The van der Waals surface area contributed by atoms with Crippen LogP contribution in [0.25, 0.3) is 0 Å². The van der Waals surface area contributed by atoms with Crippen LogP contribution in [0.15, 0.2) is 54.6 Å². The molecule has 0 fully saturated rings. The summed E-state index contributed by atoms with van der Waals surface area (Å²) in [4.78, 5) is 0. The second kappa shape index (κ2) is 5.31. The van der Waals surface area contributed by atoms with E-state index in [1.165, 1.54) is 8.92 Å². The van der Waals surface area contributed by atoms with Crippen LogP contribution < -0.4 is 8.92 Å². The van der Waals surface area contributed by atoms with Crippen LogP contribution in [0.1, 0.15) is 18.6 Å². The summed E-state index contributed by atoms with van der Waals surface area (Å²) in [6.07, 6.45) is -0.387. The van der Waals surface area contributed by atoms with Crippen molar-refractivity contribution in [2.45, 2.75) is 13.0 Å². The molecule has 2 aromatic rings. The molecule has 0 heterocycles. The third kappa shape index (κ3) is 2.73. The molecule has 1 atom stereocenters. The topological polar surface area (TPSA) is 20.2 Å². The molecule has 0 spiro atoms. The Bertz CT molecular complexity index is 451. The molecule has 2 heteroatoms. The summed E-state index contributed by atoms with van der Waals surface area (Å²) < 4.78 is 2.60. The van der Waals surface area contributed by atoms with Gasteiger partial charge in [0.25, 0.3) is 0 Å². The van der Waals surface area contributed by atoms with Crippen LogP contribution in [0.4, 0.5) is 0 Å². The van der Waals surface area contributed by atoms with Crippen molar-refractivity contribution in [1.82, 2.24) is 0 Å². The zero-order valence-corrected chi connectivity index (χ0v) is 10.8. The van der Waals surface area contributed by atoms with E-state index in [1.54, 1.807) is 0 Å². The maximum atomic E-state index is 9.69. The summed E-state index contributed by atoms with van der Waals surface area (Å²) >= 11 is 0.273. The fraction of sp³-hybridized carbons (Fsp3) is 0.143. The molecule has 1 N–H and O–H groups in total. The Hall–Kier alpha value is -1.08. The van der Waals surface area contributed by atoms with E-state index in [2.05, 4.69) is 30.3 Å². The van der Waals surface area contributed by atoms with E-state index in [4.69, 9.17) is 0 Å². The fourth-order valence-electron chi connectivity index (χ4n) is 1.53. The van der Waals surface area contributed by atoms with E-state index in [0.29, 0.717) is 0 Å². The Labute approximate surface area is 102 Å². The van der Waals surface area contributed by atoms with Crippen molar-refractivity contribution in [2.75, 3.05) is 0 Å². The predicted octanol–water partition coefficient (Wildman–Crippen LogP) is 1.39. The van der Waals surface area contributed by atoms with E-state index >= 15 is 0 Å². The summed E-state index contributed by atoms with van der Waals surface area (Å²) in [5.74, 6) is 0. The van der Waals surface area contributed by atoms with Gasteiger partial charge in [-0.05, 0) is 0 Å². The number of aliphatic hydroxyl groups is 1. The second-order valence-electron chi connectivity index (χ2n) is 3.63. The standard InChI is InChI=1S/C14H14OSe/c1-11(15)13-9-5-6-10-14(13)16-12-7-3-2-4-8-12/h2-11,15H,1H3/t11-/m0/s1. The Kier molecular flexibility index (Phi) is 3.78. The van der Waals surface area contributed by atoms with Gasteiger partial charge >= 0.3 is 102 Å². The first-order chi connectivity index (χ1) is 7.77. The summed E-state index contributed by atoms with van der Waals surface area (Å²) in [5, 5.41) is 9.69. The Morgan fingerprint density at radius 1 is 0.938 bits per heavy atom. The zero-order valence-electron chi connectivity index (χ0n) is 9.13. The van der Waals surface area contributed by atoms with Crippen LogP contribution in [0, 0.1) is 0 Å². The Balaban J connectivity index is 2.28. The van der Waals surface area contributed by atoms with Crippen LogP contribution in [-0.4, -0.2) is 20.1 Å². The molecule has 0 bridgehead atoms. The summed E-state index contributed by atoms with van der Waals surface area (Å²) in [5.41, 5.74) is 1.05. The second-order valence-corrected chi connectivity index (χ2v) is 5.97. The summed E-state index contributed by atoms with van der Waals surface area (Å²) in [7, 11) is 0. The molecular weight excluding hydrogens is 263 g/mol. The van der Waals surface area contributed by atoms with Crippen molar-refractivity contribution in [1.29, 1.82) is 0 Å². The van der Waals surface area contributed by atoms with Gasteiger partial charge < -0.3 is 0 Å². The van der Waals surface area contributed by atoms with Crippen LogP contribution in [0.5, 0.6) is 0 Å². The van der Waals surface area contributed by atoms with Gasteiger partial charge in [0, 0.05) is 0 Å². The molecule has 16 heavy (non-hydrogen) atoms.